The quantitative estimate of drug-likeness (QED) is 0.465. The lowest BCUT2D eigenvalue weighted by Gasteiger charge is -2.04. The first-order valence-corrected chi connectivity index (χ1v) is 5.39. The number of nitrogens with one attached hydrogen (secondary N) is 2. The summed E-state index contributed by atoms with van der Waals surface area (Å²) in [6.45, 7) is 1.08. The average molecular weight is 235 g/mol. The van der Waals surface area contributed by atoms with Crippen LogP contribution in [0.5, 0.6) is 0 Å². The van der Waals surface area contributed by atoms with Gasteiger partial charge in [0.1, 0.15) is 0 Å². The van der Waals surface area contributed by atoms with Crippen LogP contribution in [-0.2, 0) is 4.79 Å². The standard InChI is InChI=1S/C10H13N3.C2H4O2/c11-10(12)13-9-5-3-8(4-6-9)7-1-2-7;1-2(3)4/h3-7H,1-2H2,(H4,11,12,13);1H3,(H,3,4). The molecule has 1 fully saturated rings. The number of guanidine groups is 1. The molecule has 0 bridgehead atoms. The van der Waals surface area contributed by atoms with E-state index >= 15 is 0 Å². The molecular weight excluding hydrogens is 218 g/mol. The number of hydrogen-bond acceptors (Lipinski definition) is 2. The van der Waals surface area contributed by atoms with Crippen LogP contribution >= 0.6 is 0 Å². The van der Waals surface area contributed by atoms with Gasteiger partial charge in [0, 0.05) is 12.6 Å². The fraction of sp³-hybridized carbons (Fsp3) is 0.333. The van der Waals surface area contributed by atoms with Crippen LogP contribution in [-0.4, -0.2) is 17.0 Å². The van der Waals surface area contributed by atoms with Crippen LogP contribution in [0.15, 0.2) is 24.3 Å². The minimum atomic E-state index is -0.833. The Labute approximate surface area is 100 Å². The zero-order valence-electron chi connectivity index (χ0n) is 9.73. The Morgan fingerprint density at radius 2 is 1.88 bits per heavy atom. The van der Waals surface area contributed by atoms with Crippen molar-refractivity contribution < 1.29 is 9.90 Å². The van der Waals surface area contributed by atoms with Crippen molar-refractivity contribution in [3.63, 3.8) is 0 Å². The molecule has 0 spiro atoms. The van der Waals surface area contributed by atoms with Crippen molar-refractivity contribution in [1.82, 2.24) is 0 Å². The van der Waals surface area contributed by atoms with Gasteiger partial charge >= 0.3 is 0 Å². The third-order valence-corrected chi connectivity index (χ3v) is 2.24. The normalized spacial score (nSPS) is 13.2. The van der Waals surface area contributed by atoms with Crippen LogP contribution in [0.25, 0.3) is 0 Å². The second-order valence-electron chi connectivity index (χ2n) is 3.95. The Bertz CT molecular complexity index is 393. The van der Waals surface area contributed by atoms with Gasteiger partial charge in [-0.15, -0.1) is 0 Å². The number of anilines is 1. The molecule has 17 heavy (non-hydrogen) atoms. The molecule has 5 heteroatoms. The molecule has 0 radical (unpaired) electrons. The first-order chi connectivity index (χ1) is 7.99. The van der Waals surface area contributed by atoms with E-state index in [0.717, 1.165) is 18.5 Å². The topological polar surface area (TPSA) is 99.2 Å². The van der Waals surface area contributed by atoms with E-state index in [4.69, 9.17) is 21.0 Å². The fourth-order valence-electron chi connectivity index (χ4n) is 1.41. The Morgan fingerprint density at radius 3 is 2.24 bits per heavy atom. The van der Waals surface area contributed by atoms with E-state index in [-0.39, 0.29) is 5.96 Å². The van der Waals surface area contributed by atoms with Gasteiger partial charge in [0.15, 0.2) is 5.96 Å². The smallest absolute Gasteiger partial charge is 0.300 e. The van der Waals surface area contributed by atoms with Crippen LogP contribution in [0.4, 0.5) is 5.69 Å². The third-order valence-electron chi connectivity index (χ3n) is 2.24. The molecule has 92 valence electrons. The minimum Gasteiger partial charge on any atom is -0.481 e. The summed E-state index contributed by atoms with van der Waals surface area (Å²) in [5, 5.41) is 17.2. The van der Waals surface area contributed by atoms with Gasteiger partial charge in [0.2, 0.25) is 0 Å². The summed E-state index contributed by atoms with van der Waals surface area (Å²) >= 11 is 0. The summed E-state index contributed by atoms with van der Waals surface area (Å²) in [4.78, 5) is 9.00. The van der Waals surface area contributed by atoms with Crippen molar-refractivity contribution >= 4 is 17.6 Å². The Hall–Kier alpha value is -2.04. The van der Waals surface area contributed by atoms with Gasteiger partial charge in [-0.25, -0.2) is 0 Å². The number of carboxylic acids is 1. The second-order valence-corrected chi connectivity index (χ2v) is 3.95. The molecule has 1 aliphatic carbocycles. The molecule has 0 amide bonds. The van der Waals surface area contributed by atoms with Gasteiger partial charge in [0.05, 0.1) is 0 Å². The molecule has 0 atom stereocenters. The summed E-state index contributed by atoms with van der Waals surface area (Å²) in [6.07, 6.45) is 2.64. The summed E-state index contributed by atoms with van der Waals surface area (Å²) in [7, 11) is 0. The fourth-order valence-corrected chi connectivity index (χ4v) is 1.41. The predicted molar refractivity (Wildman–Crippen MR) is 67.3 cm³/mol. The van der Waals surface area contributed by atoms with Gasteiger partial charge in [-0.3, -0.25) is 10.2 Å². The number of rotatable bonds is 2. The van der Waals surface area contributed by atoms with Crippen molar-refractivity contribution in [1.29, 1.82) is 5.41 Å². The molecule has 1 saturated carbocycles. The highest BCUT2D eigenvalue weighted by Gasteiger charge is 2.22. The van der Waals surface area contributed by atoms with Crippen LogP contribution in [0, 0.1) is 5.41 Å². The Balaban J connectivity index is 0.000000317. The molecule has 5 nitrogen and oxygen atoms in total. The van der Waals surface area contributed by atoms with E-state index in [1.807, 2.05) is 12.1 Å². The number of benzene rings is 1. The van der Waals surface area contributed by atoms with Gasteiger partial charge < -0.3 is 16.2 Å². The van der Waals surface area contributed by atoms with Crippen LogP contribution in [0.1, 0.15) is 31.2 Å². The van der Waals surface area contributed by atoms with Gasteiger partial charge in [-0.05, 0) is 36.5 Å². The molecule has 1 aromatic carbocycles. The number of carbonyl (C=O) groups is 1. The Morgan fingerprint density at radius 1 is 1.41 bits per heavy atom. The molecule has 0 saturated heterocycles. The minimum absolute atomic E-state index is 0.0147. The van der Waals surface area contributed by atoms with E-state index in [1.54, 1.807) is 0 Å². The van der Waals surface area contributed by atoms with Crippen molar-refractivity contribution in [2.75, 3.05) is 5.32 Å². The van der Waals surface area contributed by atoms with Crippen molar-refractivity contribution in [3.05, 3.63) is 29.8 Å². The third kappa shape index (κ3) is 5.55. The summed E-state index contributed by atoms with van der Waals surface area (Å²) in [5.41, 5.74) is 7.49. The number of carboxylic acid groups (broad SMARTS) is 1. The summed E-state index contributed by atoms with van der Waals surface area (Å²) in [5.74, 6) is -0.0643. The maximum Gasteiger partial charge on any atom is 0.300 e. The van der Waals surface area contributed by atoms with E-state index in [1.165, 1.54) is 18.4 Å². The SMILES string of the molecule is CC(=O)O.N=C(N)Nc1ccc(C2CC2)cc1. The Kier molecular flexibility index (Phi) is 4.51. The number of aliphatic carboxylic acids is 1. The van der Waals surface area contributed by atoms with Crippen LogP contribution < -0.4 is 11.1 Å². The van der Waals surface area contributed by atoms with Crippen LogP contribution in [0.3, 0.4) is 0 Å². The monoisotopic (exact) mass is 235 g/mol. The predicted octanol–water partition coefficient (Wildman–Crippen LogP) is 1.96. The summed E-state index contributed by atoms with van der Waals surface area (Å²) < 4.78 is 0. The second kappa shape index (κ2) is 5.89. The average Bonchev–Trinajstić information content (AvgIpc) is 3.00. The molecule has 0 heterocycles. The zero-order valence-corrected chi connectivity index (χ0v) is 9.73. The highest BCUT2D eigenvalue weighted by Crippen LogP contribution is 2.40. The lowest BCUT2D eigenvalue weighted by molar-refractivity contribution is -0.134. The molecule has 1 aliphatic rings. The lowest BCUT2D eigenvalue weighted by atomic mass is 10.1. The summed E-state index contributed by atoms with van der Waals surface area (Å²) in [6, 6.07) is 8.13. The molecule has 5 N–H and O–H groups in total. The van der Waals surface area contributed by atoms with E-state index < -0.39 is 5.97 Å². The molecule has 0 aromatic heterocycles. The lowest BCUT2D eigenvalue weighted by Crippen LogP contribution is -2.20. The molecule has 1 aromatic rings. The van der Waals surface area contributed by atoms with Crippen molar-refractivity contribution in [2.45, 2.75) is 25.7 Å². The van der Waals surface area contributed by atoms with E-state index in [2.05, 4.69) is 17.4 Å². The maximum absolute atomic E-state index is 9.00. The number of hydrogen-bond donors (Lipinski definition) is 4. The first-order valence-electron chi connectivity index (χ1n) is 5.39. The number of nitrogens with two attached hydrogens (primary N) is 1. The van der Waals surface area contributed by atoms with E-state index in [9.17, 15) is 0 Å². The van der Waals surface area contributed by atoms with E-state index in [0.29, 0.717) is 0 Å². The largest absolute Gasteiger partial charge is 0.481 e. The highest BCUT2D eigenvalue weighted by molar-refractivity contribution is 5.89. The molecule has 0 aliphatic heterocycles. The van der Waals surface area contributed by atoms with Crippen molar-refractivity contribution in [3.8, 4) is 0 Å². The highest BCUT2D eigenvalue weighted by atomic mass is 16.4. The molecule has 2 rings (SSSR count). The zero-order chi connectivity index (χ0) is 12.8. The van der Waals surface area contributed by atoms with Gasteiger partial charge in [0.25, 0.3) is 5.97 Å². The van der Waals surface area contributed by atoms with Gasteiger partial charge in [-0.1, -0.05) is 12.1 Å². The first kappa shape index (κ1) is 13.0. The van der Waals surface area contributed by atoms with Gasteiger partial charge in [-0.2, -0.15) is 0 Å². The van der Waals surface area contributed by atoms with Crippen LogP contribution in [0.2, 0.25) is 0 Å². The van der Waals surface area contributed by atoms with Crippen molar-refractivity contribution in [2.24, 2.45) is 5.73 Å². The molecule has 0 unspecified atom stereocenters. The molecular formula is C12H17N3O2. The maximum atomic E-state index is 9.00.